The van der Waals surface area contributed by atoms with E-state index in [-0.39, 0.29) is 4.90 Å². The summed E-state index contributed by atoms with van der Waals surface area (Å²) in [6.45, 7) is 4.80. The normalized spacial score (nSPS) is 16.3. The summed E-state index contributed by atoms with van der Waals surface area (Å²) in [4.78, 5) is 12.5. The van der Waals surface area contributed by atoms with Crippen LogP contribution in [0.15, 0.2) is 47.4 Å². The molecule has 0 spiro atoms. The largest absolute Gasteiger partial charge is 0.322 e. The molecule has 1 heterocycles. The molecule has 3 rings (SSSR count). The van der Waals surface area contributed by atoms with Crippen LogP contribution in [0.4, 0.5) is 10.1 Å². The van der Waals surface area contributed by atoms with E-state index < -0.39 is 21.7 Å². The van der Waals surface area contributed by atoms with Crippen molar-refractivity contribution in [2.45, 2.75) is 31.6 Å². The van der Waals surface area contributed by atoms with Gasteiger partial charge in [0, 0.05) is 24.3 Å². The van der Waals surface area contributed by atoms with Gasteiger partial charge >= 0.3 is 0 Å². The Morgan fingerprint density at radius 2 is 1.74 bits per heavy atom. The smallest absolute Gasteiger partial charge is 0.255 e. The number of anilines is 1. The molecule has 1 saturated heterocycles. The molecule has 0 aliphatic carbocycles. The summed E-state index contributed by atoms with van der Waals surface area (Å²) >= 11 is 0. The third-order valence-electron chi connectivity index (χ3n) is 4.93. The highest BCUT2D eigenvalue weighted by Crippen LogP contribution is 2.24. The number of carbonyl (C=O) groups excluding carboxylic acids is 1. The Labute approximate surface area is 159 Å². The first-order valence-electron chi connectivity index (χ1n) is 8.95. The summed E-state index contributed by atoms with van der Waals surface area (Å²) in [6.07, 6.45) is 1.71. The molecule has 0 aromatic heterocycles. The minimum Gasteiger partial charge on any atom is -0.322 e. The Hall–Kier alpha value is -2.25. The average Bonchev–Trinajstić information content (AvgIpc) is 2.65. The molecule has 1 amide bonds. The van der Waals surface area contributed by atoms with Gasteiger partial charge in [0.2, 0.25) is 10.0 Å². The number of rotatable bonds is 4. The molecular weight excluding hydrogens is 367 g/mol. The lowest BCUT2D eigenvalue weighted by Gasteiger charge is -2.29. The average molecular weight is 390 g/mol. The minimum absolute atomic E-state index is 0.176. The van der Waals surface area contributed by atoms with Crippen LogP contribution in [0.3, 0.4) is 0 Å². The van der Waals surface area contributed by atoms with Crippen LogP contribution in [0, 0.1) is 18.7 Å². The van der Waals surface area contributed by atoms with E-state index >= 15 is 0 Å². The molecule has 2 aromatic carbocycles. The Bertz CT molecular complexity index is 934. The van der Waals surface area contributed by atoms with Crippen molar-refractivity contribution in [2.24, 2.45) is 5.92 Å². The lowest BCUT2D eigenvalue weighted by molar-refractivity contribution is 0.102. The number of hydrogen-bond acceptors (Lipinski definition) is 3. The number of piperidine rings is 1. The number of benzene rings is 2. The molecule has 0 saturated carbocycles. The standard InChI is InChI=1S/C20H23FN2O3S/c1-14-9-11-23(12-10-14)27(25,26)18-7-4-16(5-8-18)20(24)22-17-6-3-15(2)19(21)13-17/h3-8,13-14H,9-12H2,1-2H3,(H,22,24). The van der Waals surface area contributed by atoms with Gasteiger partial charge in [-0.2, -0.15) is 4.31 Å². The van der Waals surface area contributed by atoms with E-state index in [9.17, 15) is 17.6 Å². The lowest BCUT2D eigenvalue weighted by atomic mass is 10.0. The Morgan fingerprint density at radius 3 is 2.33 bits per heavy atom. The van der Waals surface area contributed by atoms with Gasteiger partial charge in [-0.3, -0.25) is 4.79 Å². The number of aryl methyl sites for hydroxylation is 1. The molecule has 1 aliphatic heterocycles. The molecule has 1 fully saturated rings. The second-order valence-corrected chi connectivity index (χ2v) is 8.97. The van der Waals surface area contributed by atoms with Crippen LogP contribution in [0.5, 0.6) is 0 Å². The van der Waals surface area contributed by atoms with Crippen molar-refractivity contribution in [1.82, 2.24) is 4.31 Å². The van der Waals surface area contributed by atoms with E-state index in [4.69, 9.17) is 0 Å². The van der Waals surface area contributed by atoms with Crippen LogP contribution in [0.25, 0.3) is 0 Å². The summed E-state index contributed by atoms with van der Waals surface area (Å²) in [5, 5.41) is 2.61. The van der Waals surface area contributed by atoms with E-state index in [2.05, 4.69) is 12.2 Å². The van der Waals surface area contributed by atoms with E-state index in [1.165, 1.54) is 34.6 Å². The predicted octanol–water partition coefficient (Wildman–Crippen LogP) is 3.81. The third kappa shape index (κ3) is 4.36. The molecule has 0 atom stereocenters. The second-order valence-electron chi connectivity index (χ2n) is 7.03. The molecule has 7 heteroatoms. The highest BCUT2D eigenvalue weighted by atomic mass is 32.2. The topological polar surface area (TPSA) is 66.5 Å². The van der Waals surface area contributed by atoms with Crippen molar-refractivity contribution >= 4 is 21.6 Å². The molecular formula is C20H23FN2O3S. The van der Waals surface area contributed by atoms with Crippen LogP contribution in [0.2, 0.25) is 0 Å². The van der Waals surface area contributed by atoms with Crippen molar-refractivity contribution in [3.05, 3.63) is 59.4 Å². The number of nitrogens with one attached hydrogen (secondary N) is 1. The van der Waals surface area contributed by atoms with Crippen LogP contribution < -0.4 is 5.32 Å². The molecule has 1 N–H and O–H groups in total. The highest BCUT2D eigenvalue weighted by Gasteiger charge is 2.28. The summed E-state index contributed by atoms with van der Waals surface area (Å²) < 4.78 is 40.5. The van der Waals surface area contributed by atoms with Gasteiger partial charge in [-0.1, -0.05) is 13.0 Å². The lowest BCUT2D eigenvalue weighted by Crippen LogP contribution is -2.37. The zero-order valence-electron chi connectivity index (χ0n) is 15.4. The second kappa shape index (κ2) is 7.78. The minimum atomic E-state index is -3.55. The number of sulfonamides is 1. The first-order valence-corrected chi connectivity index (χ1v) is 10.4. The summed E-state index contributed by atoms with van der Waals surface area (Å²) in [5.41, 5.74) is 1.15. The predicted molar refractivity (Wildman–Crippen MR) is 103 cm³/mol. The van der Waals surface area contributed by atoms with E-state index in [1.54, 1.807) is 19.1 Å². The Balaban J connectivity index is 1.72. The Kier molecular flexibility index (Phi) is 5.62. The molecule has 0 radical (unpaired) electrons. The maximum Gasteiger partial charge on any atom is 0.255 e. The SMILES string of the molecule is Cc1ccc(NC(=O)c2ccc(S(=O)(=O)N3CCC(C)CC3)cc2)cc1F. The molecule has 0 unspecified atom stereocenters. The van der Waals surface area contributed by atoms with Crippen molar-refractivity contribution in [3.8, 4) is 0 Å². The number of halogens is 1. The quantitative estimate of drug-likeness (QED) is 0.863. The number of nitrogens with zero attached hydrogens (tertiary/aromatic N) is 1. The molecule has 5 nitrogen and oxygen atoms in total. The van der Waals surface area contributed by atoms with Crippen molar-refractivity contribution < 1.29 is 17.6 Å². The first-order chi connectivity index (χ1) is 12.8. The zero-order chi connectivity index (χ0) is 19.6. The van der Waals surface area contributed by atoms with Gasteiger partial charge in [-0.25, -0.2) is 12.8 Å². The fourth-order valence-electron chi connectivity index (χ4n) is 3.03. The number of hydrogen-bond donors (Lipinski definition) is 1. The van der Waals surface area contributed by atoms with Crippen LogP contribution in [0.1, 0.15) is 35.7 Å². The maximum atomic E-state index is 13.6. The highest BCUT2D eigenvalue weighted by molar-refractivity contribution is 7.89. The monoisotopic (exact) mass is 390 g/mol. The molecule has 0 bridgehead atoms. The van der Waals surface area contributed by atoms with Gasteiger partial charge in [0.25, 0.3) is 5.91 Å². The summed E-state index contributed by atoms with van der Waals surface area (Å²) in [7, 11) is -3.55. The van der Waals surface area contributed by atoms with Gasteiger partial charge in [0.1, 0.15) is 5.82 Å². The molecule has 1 aliphatic rings. The van der Waals surface area contributed by atoms with Gasteiger partial charge < -0.3 is 5.32 Å². The first kappa shape index (κ1) is 19.5. The van der Waals surface area contributed by atoms with E-state index in [1.807, 2.05) is 0 Å². The van der Waals surface area contributed by atoms with Crippen molar-refractivity contribution in [1.29, 1.82) is 0 Å². The summed E-state index contributed by atoms with van der Waals surface area (Å²) in [5.74, 6) is -0.284. The van der Waals surface area contributed by atoms with Crippen molar-refractivity contribution in [3.63, 3.8) is 0 Å². The van der Waals surface area contributed by atoms with Crippen LogP contribution >= 0.6 is 0 Å². The van der Waals surface area contributed by atoms with Gasteiger partial charge in [0.15, 0.2) is 0 Å². The fourth-order valence-corrected chi connectivity index (χ4v) is 4.50. The number of amides is 1. The van der Waals surface area contributed by atoms with Gasteiger partial charge in [-0.15, -0.1) is 0 Å². The molecule has 27 heavy (non-hydrogen) atoms. The van der Waals surface area contributed by atoms with Crippen LogP contribution in [-0.2, 0) is 10.0 Å². The summed E-state index contributed by atoms with van der Waals surface area (Å²) in [6, 6.07) is 10.3. The van der Waals surface area contributed by atoms with Crippen molar-refractivity contribution in [2.75, 3.05) is 18.4 Å². The van der Waals surface area contributed by atoms with E-state index in [0.29, 0.717) is 35.8 Å². The van der Waals surface area contributed by atoms with Gasteiger partial charge in [0.05, 0.1) is 4.90 Å². The van der Waals surface area contributed by atoms with Crippen LogP contribution in [-0.4, -0.2) is 31.7 Å². The van der Waals surface area contributed by atoms with E-state index in [0.717, 1.165) is 12.8 Å². The molecule has 144 valence electrons. The zero-order valence-corrected chi connectivity index (χ0v) is 16.2. The fraction of sp³-hybridized carbons (Fsp3) is 0.350. The Morgan fingerprint density at radius 1 is 1.11 bits per heavy atom. The third-order valence-corrected chi connectivity index (χ3v) is 6.84. The molecule has 2 aromatic rings. The maximum absolute atomic E-state index is 13.6. The van der Waals surface area contributed by atoms with Gasteiger partial charge in [-0.05, 0) is 67.6 Å². The number of carbonyl (C=O) groups is 1.